The van der Waals surface area contributed by atoms with E-state index in [1.165, 1.54) is 29.7 Å². The maximum atomic E-state index is 3.92. The van der Waals surface area contributed by atoms with Crippen LogP contribution >= 0.6 is 0 Å². The fraction of sp³-hybridized carbons (Fsp3) is 0.429. The summed E-state index contributed by atoms with van der Waals surface area (Å²) >= 11 is 0. The number of rotatable bonds is 2. The van der Waals surface area contributed by atoms with Crippen LogP contribution in [0.4, 0.5) is 0 Å². The highest BCUT2D eigenvalue weighted by Gasteiger charge is 2.22. The molecule has 0 fully saturated rings. The van der Waals surface area contributed by atoms with Crippen molar-refractivity contribution < 1.29 is 0 Å². The topological polar surface area (TPSA) is 4.93 Å². The van der Waals surface area contributed by atoms with E-state index >= 15 is 0 Å². The molecule has 0 atom stereocenters. The number of hydrogen-bond acceptors (Lipinski definition) is 0. The van der Waals surface area contributed by atoms with Crippen LogP contribution in [-0.2, 0) is 12.0 Å². The third-order valence-electron chi connectivity index (χ3n) is 3.32. The Morgan fingerprint density at radius 1 is 1.47 bits per heavy atom. The molecule has 0 spiro atoms. The lowest BCUT2D eigenvalue weighted by molar-refractivity contribution is 0.453. The van der Waals surface area contributed by atoms with Gasteiger partial charge < -0.3 is 4.57 Å². The van der Waals surface area contributed by atoms with Crippen molar-refractivity contribution in [1.82, 2.24) is 4.57 Å². The van der Waals surface area contributed by atoms with Gasteiger partial charge in [0.05, 0.1) is 5.54 Å². The first-order chi connectivity index (χ1) is 7.06. The van der Waals surface area contributed by atoms with Crippen LogP contribution in [-0.4, -0.2) is 4.57 Å². The summed E-state index contributed by atoms with van der Waals surface area (Å²) in [6.45, 7) is 10.5. The van der Waals surface area contributed by atoms with Crippen LogP contribution in [0, 0.1) is 6.92 Å². The molecule has 0 aromatic carbocycles. The van der Waals surface area contributed by atoms with Crippen LogP contribution in [0.15, 0.2) is 24.9 Å². The standard InChI is InChI=1S/C14H19N/c1-5-14(3,4)15-10-11(2)12-8-6-7-9-13(12)15/h5,7,9-10H,1,6,8H2,2-4H3. The highest BCUT2D eigenvalue weighted by molar-refractivity contribution is 5.56. The molecule has 1 aliphatic carbocycles. The molecule has 1 heteroatoms. The van der Waals surface area contributed by atoms with E-state index in [0.29, 0.717) is 0 Å². The van der Waals surface area contributed by atoms with Crippen molar-refractivity contribution in [2.24, 2.45) is 0 Å². The Bertz CT molecular complexity index is 419. The van der Waals surface area contributed by atoms with E-state index in [9.17, 15) is 0 Å². The molecule has 1 heterocycles. The average molecular weight is 201 g/mol. The lowest BCUT2D eigenvalue weighted by atomic mass is 10.00. The van der Waals surface area contributed by atoms with E-state index in [1.54, 1.807) is 0 Å². The molecule has 1 aliphatic rings. The Balaban J connectivity index is 2.60. The highest BCUT2D eigenvalue weighted by Crippen LogP contribution is 2.30. The molecule has 0 saturated carbocycles. The van der Waals surface area contributed by atoms with E-state index in [0.717, 1.165) is 0 Å². The van der Waals surface area contributed by atoms with Crippen LogP contribution in [0.3, 0.4) is 0 Å². The summed E-state index contributed by atoms with van der Waals surface area (Å²) in [5.41, 5.74) is 4.28. The second-order valence-corrected chi connectivity index (χ2v) is 4.84. The van der Waals surface area contributed by atoms with Gasteiger partial charge >= 0.3 is 0 Å². The minimum Gasteiger partial charge on any atom is -0.338 e. The Morgan fingerprint density at radius 2 is 2.20 bits per heavy atom. The number of allylic oxidation sites excluding steroid dienone is 2. The van der Waals surface area contributed by atoms with Gasteiger partial charge in [-0.25, -0.2) is 0 Å². The van der Waals surface area contributed by atoms with Gasteiger partial charge in [0.15, 0.2) is 0 Å². The number of nitrogens with zero attached hydrogens (tertiary/aromatic N) is 1. The van der Waals surface area contributed by atoms with Gasteiger partial charge in [0.1, 0.15) is 0 Å². The molecule has 0 saturated heterocycles. The minimum atomic E-state index is 0.0000231. The van der Waals surface area contributed by atoms with Gasteiger partial charge in [-0.15, -0.1) is 6.58 Å². The van der Waals surface area contributed by atoms with E-state index < -0.39 is 0 Å². The average Bonchev–Trinajstić information content (AvgIpc) is 2.58. The third kappa shape index (κ3) is 1.56. The first-order valence-electron chi connectivity index (χ1n) is 5.57. The zero-order chi connectivity index (χ0) is 11.1. The van der Waals surface area contributed by atoms with Crippen molar-refractivity contribution >= 4 is 6.08 Å². The van der Waals surface area contributed by atoms with Crippen molar-refractivity contribution in [3.8, 4) is 0 Å². The predicted molar refractivity (Wildman–Crippen MR) is 66.0 cm³/mol. The van der Waals surface area contributed by atoms with Crippen molar-refractivity contribution in [3.63, 3.8) is 0 Å². The summed E-state index contributed by atoms with van der Waals surface area (Å²) in [4.78, 5) is 0. The number of hydrogen-bond donors (Lipinski definition) is 0. The Labute approximate surface area is 92.1 Å². The van der Waals surface area contributed by atoms with E-state index in [-0.39, 0.29) is 5.54 Å². The second kappa shape index (κ2) is 3.41. The Kier molecular flexibility index (Phi) is 2.34. The van der Waals surface area contributed by atoms with Crippen molar-refractivity contribution in [3.05, 3.63) is 41.7 Å². The molecular weight excluding hydrogens is 182 g/mol. The van der Waals surface area contributed by atoms with Gasteiger partial charge in [0, 0.05) is 11.9 Å². The predicted octanol–water partition coefficient (Wildman–Crippen LogP) is 3.68. The third-order valence-corrected chi connectivity index (χ3v) is 3.32. The quantitative estimate of drug-likeness (QED) is 0.643. The van der Waals surface area contributed by atoms with Gasteiger partial charge in [-0.05, 0) is 50.8 Å². The molecule has 0 unspecified atom stereocenters. The summed E-state index contributed by atoms with van der Waals surface area (Å²) in [5, 5.41) is 0. The van der Waals surface area contributed by atoms with Crippen LogP contribution in [0.5, 0.6) is 0 Å². The molecule has 0 amide bonds. The summed E-state index contributed by atoms with van der Waals surface area (Å²) in [5.74, 6) is 0. The molecule has 0 bridgehead atoms. The molecule has 15 heavy (non-hydrogen) atoms. The fourth-order valence-electron chi connectivity index (χ4n) is 2.19. The summed E-state index contributed by atoms with van der Waals surface area (Å²) in [6, 6.07) is 0. The zero-order valence-corrected chi connectivity index (χ0v) is 9.88. The fourth-order valence-corrected chi connectivity index (χ4v) is 2.19. The maximum Gasteiger partial charge on any atom is 0.0569 e. The summed E-state index contributed by atoms with van der Waals surface area (Å²) < 4.78 is 2.33. The zero-order valence-electron chi connectivity index (χ0n) is 9.88. The maximum absolute atomic E-state index is 3.92. The van der Waals surface area contributed by atoms with Crippen molar-refractivity contribution in [2.75, 3.05) is 0 Å². The largest absolute Gasteiger partial charge is 0.338 e. The smallest absolute Gasteiger partial charge is 0.0569 e. The molecule has 1 aromatic rings. The monoisotopic (exact) mass is 201 g/mol. The Hall–Kier alpha value is -1.24. The molecule has 0 radical (unpaired) electrons. The van der Waals surface area contributed by atoms with Gasteiger partial charge in [0.25, 0.3) is 0 Å². The van der Waals surface area contributed by atoms with E-state index in [1.807, 2.05) is 6.08 Å². The van der Waals surface area contributed by atoms with Gasteiger partial charge in [-0.2, -0.15) is 0 Å². The second-order valence-electron chi connectivity index (χ2n) is 4.84. The number of fused-ring (bicyclic) bond motifs is 1. The SMILES string of the molecule is C=CC(C)(C)n1cc(C)c2c1C=CCC2. The first kappa shape index (κ1) is 10.3. The summed E-state index contributed by atoms with van der Waals surface area (Å²) in [6.07, 6.45) is 11.1. The molecule has 0 N–H and O–H groups in total. The molecular formula is C14H19N. The minimum absolute atomic E-state index is 0.0000231. The summed E-state index contributed by atoms with van der Waals surface area (Å²) in [7, 11) is 0. The molecule has 1 nitrogen and oxygen atoms in total. The lowest BCUT2D eigenvalue weighted by Crippen LogP contribution is -2.23. The van der Waals surface area contributed by atoms with Gasteiger partial charge in [-0.1, -0.05) is 12.2 Å². The van der Waals surface area contributed by atoms with Crippen LogP contribution < -0.4 is 0 Å². The van der Waals surface area contributed by atoms with Crippen LogP contribution in [0.2, 0.25) is 0 Å². The van der Waals surface area contributed by atoms with E-state index in [4.69, 9.17) is 0 Å². The first-order valence-corrected chi connectivity index (χ1v) is 5.57. The molecule has 1 aromatic heterocycles. The van der Waals surface area contributed by atoms with Gasteiger partial charge in [0.2, 0.25) is 0 Å². The normalized spacial score (nSPS) is 15.1. The van der Waals surface area contributed by atoms with Crippen LogP contribution in [0.25, 0.3) is 6.08 Å². The highest BCUT2D eigenvalue weighted by atomic mass is 15.0. The lowest BCUT2D eigenvalue weighted by Gasteiger charge is -2.25. The Morgan fingerprint density at radius 3 is 2.87 bits per heavy atom. The molecule has 0 aliphatic heterocycles. The molecule has 80 valence electrons. The van der Waals surface area contributed by atoms with E-state index in [2.05, 4.69) is 50.3 Å². The van der Waals surface area contributed by atoms with Crippen molar-refractivity contribution in [2.45, 2.75) is 39.2 Å². The number of aromatic nitrogens is 1. The molecule has 2 rings (SSSR count). The van der Waals surface area contributed by atoms with Crippen molar-refractivity contribution in [1.29, 1.82) is 0 Å². The van der Waals surface area contributed by atoms with Crippen LogP contribution in [0.1, 0.15) is 37.1 Å². The number of aryl methyl sites for hydroxylation is 1. The van der Waals surface area contributed by atoms with Gasteiger partial charge in [-0.3, -0.25) is 0 Å².